The van der Waals surface area contributed by atoms with Crippen LogP contribution in [0.4, 0.5) is 5.82 Å². The normalized spacial score (nSPS) is 20.0. The van der Waals surface area contributed by atoms with Crippen molar-refractivity contribution in [3.63, 3.8) is 0 Å². The maximum absolute atomic E-state index is 10.5. The molecule has 5 aromatic rings. The lowest BCUT2D eigenvalue weighted by molar-refractivity contribution is 0.00794. The quantitative estimate of drug-likeness (QED) is 0.189. The Balaban J connectivity index is 1.25. The third kappa shape index (κ3) is 4.96. The number of nitrogens with one attached hydrogen (secondary N) is 1. The standard InChI is InChI=1S/C36H37N3O3SSi/c1-36(2,3)44(25-13-6-4-7-14-25,26-15-8-5-9-16-26)42-31-20-30(41-32(31)21-40)28-22-43-34-33(28)37-23-38-35(34)39-29-19-18-24-12-10-11-17-27(24)29/h4-17,20,22-23,29-30,32,40H,18-19,21H2,1-3H3,(H,37,38,39)/t29-,30+,32+/m0/s1. The average Bonchev–Trinajstić information content (AvgIpc) is 3.77. The zero-order chi connectivity index (χ0) is 30.3. The highest BCUT2D eigenvalue weighted by Gasteiger charge is 2.53. The molecule has 2 aromatic heterocycles. The van der Waals surface area contributed by atoms with Crippen molar-refractivity contribution in [3.8, 4) is 0 Å². The summed E-state index contributed by atoms with van der Waals surface area (Å²) in [6.45, 7) is 6.58. The van der Waals surface area contributed by atoms with E-state index >= 15 is 0 Å². The summed E-state index contributed by atoms with van der Waals surface area (Å²) in [4.78, 5) is 9.35. The Kier molecular flexibility index (Phi) is 7.62. The van der Waals surface area contributed by atoms with Crippen LogP contribution in [0.1, 0.15) is 56.0 Å². The molecule has 0 unspecified atom stereocenters. The molecular formula is C36H37N3O3SSi. The molecule has 7 rings (SSSR count). The Labute approximate surface area is 263 Å². The van der Waals surface area contributed by atoms with E-state index in [9.17, 15) is 5.11 Å². The molecule has 2 N–H and O–H groups in total. The van der Waals surface area contributed by atoms with Crippen molar-refractivity contribution in [1.82, 2.24) is 9.97 Å². The summed E-state index contributed by atoms with van der Waals surface area (Å²) in [6.07, 6.45) is 4.80. The smallest absolute Gasteiger partial charge is 0.319 e. The predicted molar refractivity (Wildman–Crippen MR) is 180 cm³/mol. The van der Waals surface area contributed by atoms with Crippen LogP contribution in [0.5, 0.6) is 0 Å². The van der Waals surface area contributed by atoms with Crippen LogP contribution >= 0.6 is 11.3 Å². The molecule has 1 aliphatic carbocycles. The van der Waals surface area contributed by atoms with Gasteiger partial charge < -0.3 is 19.6 Å². The van der Waals surface area contributed by atoms with Gasteiger partial charge in [-0.15, -0.1) is 11.3 Å². The molecule has 1 aliphatic heterocycles. The van der Waals surface area contributed by atoms with Crippen LogP contribution in [0, 0.1) is 0 Å². The van der Waals surface area contributed by atoms with Crippen LogP contribution in [0.25, 0.3) is 10.2 Å². The molecule has 0 amide bonds. The van der Waals surface area contributed by atoms with Gasteiger partial charge >= 0.3 is 8.32 Å². The molecular weight excluding hydrogens is 583 g/mol. The molecule has 2 aliphatic rings. The van der Waals surface area contributed by atoms with E-state index in [4.69, 9.17) is 14.1 Å². The summed E-state index contributed by atoms with van der Waals surface area (Å²) in [6, 6.07) is 29.9. The monoisotopic (exact) mass is 619 g/mol. The van der Waals surface area contributed by atoms with Gasteiger partial charge in [0.2, 0.25) is 0 Å². The summed E-state index contributed by atoms with van der Waals surface area (Å²) in [5.74, 6) is 1.53. The van der Waals surface area contributed by atoms with Crippen LogP contribution < -0.4 is 15.7 Å². The highest BCUT2D eigenvalue weighted by molar-refractivity contribution is 7.18. The zero-order valence-electron chi connectivity index (χ0n) is 25.2. The molecule has 0 spiro atoms. The van der Waals surface area contributed by atoms with Gasteiger partial charge in [0.1, 0.15) is 30.1 Å². The molecule has 0 saturated carbocycles. The number of aliphatic hydroxyl groups is 1. The number of hydrogen-bond acceptors (Lipinski definition) is 7. The molecule has 224 valence electrons. The average molecular weight is 620 g/mol. The van der Waals surface area contributed by atoms with Crippen molar-refractivity contribution in [2.45, 2.75) is 56.9 Å². The Bertz CT molecular complexity index is 1760. The number of nitrogens with zero attached hydrogens (tertiary/aromatic N) is 2. The van der Waals surface area contributed by atoms with E-state index in [1.165, 1.54) is 21.5 Å². The summed E-state index contributed by atoms with van der Waals surface area (Å²) in [7, 11) is -2.89. The lowest BCUT2D eigenvalue weighted by atomic mass is 10.1. The maximum Gasteiger partial charge on any atom is 0.319 e. The van der Waals surface area contributed by atoms with Gasteiger partial charge in [-0.2, -0.15) is 0 Å². The van der Waals surface area contributed by atoms with E-state index in [2.05, 4.69) is 109 Å². The van der Waals surface area contributed by atoms with Gasteiger partial charge in [-0.1, -0.05) is 106 Å². The summed E-state index contributed by atoms with van der Waals surface area (Å²) in [5, 5.41) is 18.5. The largest absolute Gasteiger partial charge is 0.535 e. The SMILES string of the molecule is CC(C)(C)[Si](OC1=C[C@H](c2csc3c(N[C@H]4CCc5ccccc54)ncnc23)O[C@@H]1CO)(c1ccccc1)c1ccccc1. The fraction of sp³-hybridized carbons (Fsp3) is 0.278. The van der Waals surface area contributed by atoms with Crippen molar-refractivity contribution in [2.24, 2.45) is 0 Å². The van der Waals surface area contributed by atoms with Crippen molar-refractivity contribution >= 4 is 46.1 Å². The third-order valence-electron chi connectivity index (χ3n) is 8.93. The van der Waals surface area contributed by atoms with Gasteiger partial charge in [-0.3, -0.25) is 0 Å². The van der Waals surface area contributed by atoms with Crippen LogP contribution in [-0.2, 0) is 15.6 Å². The summed E-state index contributed by atoms with van der Waals surface area (Å²) < 4.78 is 14.8. The first-order valence-corrected chi connectivity index (χ1v) is 18.0. The Morgan fingerprint density at radius 2 is 1.61 bits per heavy atom. The maximum atomic E-state index is 10.5. The first kappa shape index (κ1) is 28.9. The first-order valence-electron chi connectivity index (χ1n) is 15.2. The minimum absolute atomic E-state index is 0.175. The lowest BCUT2D eigenvalue weighted by Crippen LogP contribution is -2.66. The van der Waals surface area contributed by atoms with Crippen molar-refractivity contribution < 1.29 is 14.3 Å². The molecule has 3 atom stereocenters. The Morgan fingerprint density at radius 3 is 2.30 bits per heavy atom. The number of aliphatic hydroxyl groups excluding tert-OH is 1. The van der Waals surface area contributed by atoms with Gasteiger partial charge in [0.05, 0.1) is 22.9 Å². The van der Waals surface area contributed by atoms with E-state index in [0.717, 1.165) is 34.4 Å². The van der Waals surface area contributed by atoms with Gasteiger partial charge in [0.15, 0.2) is 0 Å². The number of thiophene rings is 1. The highest BCUT2D eigenvalue weighted by atomic mass is 32.1. The van der Waals surface area contributed by atoms with Gasteiger partial charge in [-0.25, -0.2) is 9.97 Å². The molecule has 0 bridgehead atoms. The number of hydrogen-bond donors (Lipinski definition) is 2. The molecule has 3 aromatic carbocycles. The fourth-order valence-corrected chi connectivity index (χ4v) is 12.3. The highest BCUT2D eigenvalue weighted by Crippen LogP contribution is 2.44. The second kappa shape index (κ2) is 11.6. The number of aromatic nitrogens is 2. The van der Waals surface area contributed by atoms with Gasteiger partial charge in [0, 0.05) is 5.56 Å². The second-order valence-electron chi connectivity index (χ2n) is 12.6. The number of ether oxygens (including phenoxy) is 1. The summed E-state index contributed by atoms with van der Waals surface area (Å²) in [5.41, 5.74) is 4.56. The summed E-state index contributed by atoms with van der Waals surface area (Å²) >= 11 is 1.62. The molecule has 0 radical (unpaired) electrons. The topological polar surface area (TPSA) is 76.5 Å². The number of fused-ring (bicyclic) bond motifs is 2. The van der Waals surface area contributed by atoms with E-state index in [1.807, 2.05) is 18.2 Å². The van der Waals surface area contributed by atoms with E-state index in [0.29, 0.717) is 5.76 Å². The van der Waals surface area contributed by atoms with E-state index in [1.54, 1.807) is 17.7 Å². The minimum atomic E-state index is -2.89. The van der Waals surface area contributed by atoms with E-state index < -0.39 is 20.5 Å². The molecule has 3 heterocycles. The third-order valence-corrected chi connectivity index (χ3v) is 14.9. The zero-order valence-corrected chi connectivity index (χ0v) is 27.1. The Morgan fingerprint density at radius 1 is 0.932 bits per heavy atom. The first-order chi connectivity index (χ1) is 21.4. The van der Waals surface area contributed by atoms with Crippen molar-refractivity contribution in [2.75, 3.05) is 11.9 Å². The Hall–Kier alpha value is -3.82. The molecule has 44 heavy (non-hydrogen) atoms. The number of benzene rings is 3. The molecule has 0 fully saturated rings. The number of rotatable bonds is 8. The number of anilines is 1. The predicted octanol–water partition coefficient (Wildman–Crippen LogP) is 6.68. The van der Waals surface area contributed by atoms with Crippen LogP contribution in [0.3, 0.4) is 0 Å². The molecule has 0 saturated heterocycles. The van der Waals surface area contributed by atoms with Gasteiger partial charge in [-0.05, 0) is 50.8 Å². The minimum Gasteiger partial charge on any atom is -0.535 e. The second-order valence-corrected chi connectivity index (χ2v) is 17.7. The van der Waals surface area contributed by atoms with Crippen LogP contribution in [-0.4, -0.2) is 36.1 Å². The molecule has 8 heteroatoms. The van der Waals surface area contributed by atoms with Crippen molar-refractivity contribution in [3.05, 3.63) is 125 Å². The molecule has 6 nitrogen and oxygen atoms in total. The van der Waals surface area contributed by atoms with Crippen LogP contribution in [0.2, 0.25) is 5.04 Å². The van der Waals surface area contributed by atoms with Crippen molar-refractivity contribution in [1.29, 1.82) is 0 Å². The fourth-order valence-electron chi connectivity index (χ4n) is 6.81. The number of aryl methyl sites for hydroxylation is 1. The van der Waals surface area contributed by atoms with E-state index in [-0.39, 0.29) is 17.7 Å². The van der Waals surface area contributed by atoms with Crippen LogP contribution in [0.15, 0.2) is 108 Å². The van der Waals surface area contributed by atoms with Gasteiger partial charge in [0.25, 0.3) is 0 Å². The lowest BCUT2D eigenvalue weighted by Gasteiger charge is -2.43.